The lowest BCUT2D eigenvalue weighted by atomic mass is 9.90. The molecule has 0 fully saturated rings. The molecule has 1 aromatic carbocycles. The number of aromatic nitrogens is 1. The lowest BCUT2D eigenvalue weighted by Crippen LogP contribution is -2.21. The number of esters is 1. The highest BCUT2D eigenvalue weighted by Crippen LogP contribution is 2.22. The van der Waals surface area contributed by atoms with Gasteiger partial charge in [0.1, 0.15) is 5.76 Å². The lowest BCUT2D eigenvalue weighted by molar-refractivity contribution is -0.146. The van der Waals surface area contributed by atoms with E-state index in [-0.39, 0.29) is 13.0 Å². The molecule has 1 amide bonds. The van der Waals surface area contributed by atoms with Gasteiger partial charge in [0.05, 0.1) is 6.42 Å². The average molecular weight is 328 g/mol. The van der Waals surface area contributed by atoms with E-state index in [0.29, 0.717) is 11.6 Å². The zero-order chi connectivity index (χ0) is 16.9. The van der Waals surface area contributed by atoms with Crippen molar-refractivity contribution in [2.75, 3.05) is 11.9 Å². The summed E-state index contributed by atoms with van der Waals surface area (Å²) in [6, 6.07) is 7.72. The third-order valence-electron chi connectivity index (χ3n) is 4.02. The molecule has 1 aromatic heterocycles. The van der Waals surface area contributed by atoms with Crippen LogP contribution in [0.25, 0.3) is 0 Å². The van der Waals surface area contributed by atoms with Crippen molar-refractivity contribution in [1.82, 2.24) is 5.16 Å². The average Bonchev–Trinajstić information content (AvgIpc) is 2.98. The number of anilines is 1. The number of amides is 1. The Hall–Kier alpha value is -2.63. The van der Waals surface area contributed by atoms with Crippen LogP contribution in [-0.2, 0) is 33.6 Å². The summed E-state index contributed by atoms with van der Waals surface area (Å²) >= 11 is 0. The highest BCUT2D eigenvalue weighted by atomic mass is 16.5. The van der Waals surface area contributed by atoms with Crippen LogP contribution in [0.2, 0.25) is 0 Å². The van der Waals surface area contributed by atoms with Crippen molar-refractivity contribution in [3.05, 3.63) is 46.7 Å². The summed E-state index contributed by atoms with van der Waals surface area (Å²) in [4.78, 5) is 23.6. The van der Waals surface area contributed by atoms with Gasteiger partial charge in [-0.05, 0) is 49.3 Å². The molecule has 126 valence electrons. The number of benzene rings is 1. The maximum Gasteiger partial charge on any atom is 0.310 e. The summed E-state index contributed by atoms with van der Waals surface area (Å²) in [6.45, 7) is 1.39. The minimum atomic E-state index is -0.443. The first-order valence-corrected chi connectivity index (χ1v) is 8.09. The molecule has 0 aliphatic heterocycles. The summed E-state index contributed by atoms with van der Waals surface area (Å²) < 4.78 is 9.86. The van der Waals surface area contributed by atoms with Crippen LogP contribution in [0.1, 0.15) is 35.3 Å². The van der Waals surface area contributed by atoms with E-state index in [9.17, 15) is 9.59 Å². The second kappa shape index (κ2) is 7.29. The van der Waals surface area contributed by atoms with Gasteiger partial charge in [-0.2, -0.15) is 0 Å². The second-order valence-corrected chi connectivity index (χ2v) is 6.02. The minimum Gasteiger partial charge on any atom is -0.455 e. The molecule has 6 heteroatoms. The predicted octanol–water partition coefficient (Wildman–Crippen LogP) is 2.59. The third-order valence-corrected chi connectivity index (χ3v) is 4.02. The normalized spacial score (nSPS) is 13.2. The summed E-state index contributed by atoms with van der Waals surface area (Å²) in [5.74, 6) is 0.0391. The Labute approximate surface area is 140 Å². The van der Waals surface area contributed by atoms with Crippen LogP contribution in [-0.4, -0.2) is 23.6 Å². The van der Waals surface area contributed by atoms with Gasteiger partial charge in [0.2, 0.25) is 0 Å². The van der Waals surface area contributed by atoms with Crippen LogP contribution < -0.4 is 5.32 Å². The number of nitrogens with zero attached hydrogens (tertiary/aromatic N) is 1. The fourth-order valence-corrected chi connectivity index (χ4v) is 2.86. The standard InChI is InChI=1S/C18H20N2O4/c1-12-8-16(20-24-12)19-17(21)11-23-18(22)10-13-6-7-14-4-2-3-5-15(14)9-13/h6-9H,2-5,10-11H2,1H3,(H,19,20,21). The van der Waals surface area contributed by atoms with E-state index < -0.39 is 11.9 Å². The fourth-order valence-electron chi connectivity index (χ4n) is 2.86. The van der Waals surface area contributed by atoms with Crippen molar-refractivity contribution in [2.24, 2.45) is 0 Å². The van der Waals surface area contributed by atoms with Crippen molar-refractivity contribution in [3.63, 3.8) is 0 Å². The monoisotopic (exact) mass is 328 g/mol. The smallest absolute Gasteiger partial charge is 0.310 e. The number of nitrogens with one attached hydrogen (secondary N) is 1. The molecule has 0 spiro atoms. The molecule has 0 saturated heterocycles. The number of hydrogen-bond donors (Lipinski definition) is 1. The maximum absolute atomic E-state index is 11.9. The van der Waals surface area contributed by atoms with E-state index in [0.717, 1.165) is 18.4 Å². The van der Waals surface area contributed by atoms with Crippen LogP contribution in [0, 0.1) is 6.92 Å². The number of carbonyl (C=O) groups excluding carboxylic acids is 2. The van der Waals surface area contributed by atoms with Gasteiger partial charge in [0.15, 0.2) is 12.4 Å². The third kappa shape index (κ3) is 4.22. The molecule has 0 atom stereocenters. The van der Waals surface area contributed by atoms with Crippen molar-refractivity contribution < 1.29 is 18.8 Å². The highest BCUT2D eigenvalue weighted by molar-refractivity contribution is 5.92. The van der Waals surface area contributed by atoms with Gasteiger partial charge in [0.25, 0.3) is 5.91 Å². The fraction of sp³-hybridized carbons (Fsp3) is 0.389. The molecule has 1 N–H and O–H groups in total. The Morgan fingerprint density at radius 3 is 2.75 bits per heavy atom. The van der Waals surface area contributed by atoms with Crippen molar-refractivity contribution in [3.8, 4) is 0 Å². The van der Waals surface area contributed by atoms with Gasteiger partial charge in [0, 0.05) is 6.07 Å². The number of hydrogen-bond acceptors (Lipinski definition) is 5. The van der Waals surface area contributed by atoms with Gasteiger partial charge >= 0.3 is 5.97 Å². The van der Waals surface area contributed by atoms with E-state index in [4.69, 9.17) is 9.26 Å². The number of ether oxygens (including phenoxy) is 1. The van der Waals surface area contributed by atoms with Gasteiger partial charge in [-0.25, -0.2) is 0 Å². The van der Waals surface area contributed by atoms with Gasteiger partial charge in [-0.1, -0.05) is 23.4 Å². The van der Waals surface area contributed by atoms with E-state index >= 15 is 0 Å². The SMILES string of the molecule is Cc1cc(NC(=O)COC(=O)Cc2ccc3c(c2)CCCC3)no1. The van der Waals surface area contributed by atoms with Gasteiger partial charge in [-0.15, -0.1) is 0 Å². The zero-order valence-electron chi connectivity index (χ0n) is 13.6. The number of fused-ring (bicyclic) bond motifs is 1. The van der Waals surface area contributed by atoms with E-state index in [1.165, 1.54) is 24.0 Å². The summed E-state index contributed by atoms with van der Waals surface area (Å²) in [5, 5.41) is 6.15. The highest BCUT2D eigenvalue weighted by Gasteiger charge is 2.13. The van der Waals surface area contributed by atoms with Crippen LogP contribution in [0.5, 0.6) is 0 Å². The molecule has 0 unspecified atom stereocenters. The summed E-state index contributed by atoms with van der Waals surface area (Å²) in [5.41, 5.74) is 3.62. The quantitative estimate of drug-likeness (QED) is 0.853. The molecule has 0 saturated carbocycles. The van der Waals surface area contributed by atoms with Crippen molar-refractivity contribution in [2.45, 2.75) is 39.0 Å². The van der Waals surface area contributed by atoms with Crippen LogP contribution in [0.3, 0.4) is 0 Å². The van der Waals surface area contributed by atoms with E-state index in [1.54, 1.807) is 13.0 Å². The van der Waals surface area contributed by atoms with E-state index in [1.807, 2.05) is 6.07 Å². The molecule has 0 radical (unpaired) electrons. The Bertz CT molecular complexity index is 751. The number of carbonyl (C=O) groups is 2. The van der Waals surface area contributed by atoms with Gasteiger partial charge in [-0.3, -0.25) is 9.59 Å². The molecular weight excluding hydrogens is 308 g/mol. The molecule has 2 aromatic rings. The Kier molecular flexibility index (Phi) is 4.93. The Balaban J connectivity index is 1.48. The molecular formula is C18H20N2O4. The Morgan fingerprint density at radius 1 is 1.21 bits per heavy atom. The summed E-state index contributed by atoms with van der Waals surface area (Å²) in [7, 11) is 0. The minimum absolute atomic E-state index is 0.170. The number of aryl methyl sites for hydroxylation is 3. The summed E-state index contributed by atoms with van der Waals surface area (Å²) in [6.07, 6.45) is 4.78. The van der Waals surface area contributed by atoms with Crippen LogP contribution in [0.4, 0.5) is 5.82 Å². The number of rotatable bonds is 5. The van der Waals surface area contributed by atoms with Crippen molar-refractivity contribution in [1.29, 1.82) is 0 Å². The topological polar surface area (TPSA) is 81.4 Å². The molecule has 1 heterocycles. The molecule has 6 nitrogen and oxygen atoms in total. The van der Waals surface area contributed by atoms with E-state index in [2.05, 4.69) is 22.6 Å². The first-order valence-electron chi connectivity index (χ1n) is 8.09. The Morgan fingerprint density at radius 2 is 2.00 bits per heavy atom. The second-order valence-electron chi connectivity index (χ2n) is 6.02. The maximum atomic E-state index is 11.9. The molecule has 1 aliphatic rings. The zero-order valence-corrected chi connectivity index (χ0v) is 13.6. The lowest BCUT2D eigenvalue weighted by Gasteiger charge is -2.16. The van der Waals surface area contributed by atoms with Crippen LogP contribution >= 0.6 is 0 Å². The molecule has 1 aliphatic carbocycles. The predicted molar refractivity (Wildman–Crippen MR) is 87.6 cm³/mol. The molecule has 24 heavy (non-hydrogen) atoms. The molecule has 3 rings (SSSR count). The van der Waals surface area contributed by atoms with Gasteiger partial charge < -0.3 is 14.6 Å². The molecule has 0 bridgehead atoms. The van der Waals surface area contributed by atoms with Crippen molar-refractivity contribution >= 4 is 17.7 Å². The largest absolute Gasteiger partial charge is 0.455 e. The van der Waals surface area contributed by atoms with Crippen LogP contribution in [0.15, 0.2) is 28.8 Å². The first-order chi connectivity index (χ1) is 11.6. The first kappa shape index (κ1) is 16.2.